The van der Waals surface area contributed by atoms with Gasteiger partial charge in [-0.3, -0.25) is 0 Å². The Morgan fingerprint density at radius 1 is 1.47 bits per heavy atom. The molecule has 0 radical (unpaired) electrons. The van der Waals surface area contributed by atoms with Crippen LogP contribution in [0.5, 0.6) is 0 Å². The third kappa shape index (κ3) is 3.60. The topological polar surface area (TPSA) is 73.1 Å². The summed E-state index contributed by atoms with van der Waals surface area (Å²) in [7, 11) is 0. The largest absolute Gasteiger partial charge is 0.490 e. The van der Waals surface area contributed by atoms with E-state index >= 15 is 0 Å². The van der Waals surface area contributed by atoms with E-state index < -0.39 is 12.1 Å². The molecule has 2 aliphatic heterocycles. The van der Waals surface area contributed by atoms with Gasteiger partial charge in [0.15, 0.2) is 0 Å². The number of nitrogens with one attached hydrogen (secondary N) is 1. The second-order valence-electron chi connectivity index (χ2n) is 4.68. The van der Waals surface area contributed by atoms with Gasteiger partial charge in [-0.15, -0.1) is 0 Å². The molecule has 0 spiro atoms. The Morgan fingerprint density at radius 2 is 1.82 bits per heavy atom. The molecule has 3 aliphatic rings. The minimum atomic E-state index is -5.08. The summed E-state index contributed by atoms with van der Waals surface area (Å²) in [6.07, 6.45) is -1.67. The zero-order valence-electron chi connectivity index (χ0n) is 9.21. The van der Waals surface area contributed by atoms with Crippen LogP contribution in [0, 0.1) is 16.7 Å². The summed E-state index contributed by atoms with van der Waals surface area (Å²) >= 11 is 0. The smallest absolute Gasteiger partial charge is 0.475 e. The Labute approximate surface area is 96.4 Å². The SMILES string of the molecule is CC1(C#N)CC2CC(C1)N2.O=C(O)C(F)(F)F. The van der Waals surface area contributed by atoms with Gasteiger partial charge in [0, 0.05) is 12.1 Å². The number of piperidine rings is 1. The van der Waals surface area contributed by atoms with Crippen LogP contribution in [0.1, 0.15) is 26.2 Å². The van der Waals surface area contributed by atoms with Gasteiger partial charge in [-0.25, -0.2) is 4.79 Å². The molecule has 96 valence electrons. The van der Waals surface area contributed by atoms with Gasteiger partial charge in [0.05, 0.1) is 11.5 Å². The fraction of sp³-hybridized carbons (Fsp3) is 0.800. The van der Waals surface area contributed by atoms with E-state index in [4.69, 9.17) is 15.2 Å². The Bertz CT molecular complexity index is 332. The van der Waals surface area contributed by atoms with Crippen molar-refractivity contribution in [2.75, 3.05) is 0 Å². The van der Waals surface area contributed by atoms with Crippen molar-refractivity contribution in [1.29, 1.82) is 5.26 Å². The van der Waals surface area contributed by atoms with Crippen LogP contribution < -0.4 is 5.32 Å². The molecule has 3 rings (SSSR count). The van der Waals surface area contributed by atoms with E-state index in [-0.39, 0.29) is 5.41 Å². The lowest BCUT2D eigenvalue weighted by molar-refractivity contribution is -0.192. The molecule has 0 aromatic rings. The number of halogens is 3. The first-order chi connectivity index (χ1) is 7.66. The summed E-state index contributed by atoms with van der Waals surface area (Å²) in [6, 6.07) is 3.71. The van der Waals surface area contributed by atoms with Crippen molar-refractivity contribution in [2.45, 2.75) is 44.4 Å². The summed E-state index contributed by atoms with van der Waals surface area (Å²) < 4.78 is 31.7. The molecule has 0 aromatic carbocycles. The van der Waals surface area contributed by atoms with E-state index in [2.05, 4.69) is 18.3 Å². The minimum absolute atomic E-state index is 0.0150. The zero-order valence-corrected chi connectivity index (χ0v) is 9.21. The van der Waals surface area contributed by atoms with Crippen LogP contribution >= 0.6 is 0 Å². The van der Waals surface area contributed by atoms with Gasteiger partial charge in [0.25, 0.3) is 0 Å². The molecule has 2 unspecified atom stereocenters. The Morgan fingerprint density at radius 3 is 2.00 bits per heavy atom. The molecule has 2 N–H and O–H groups in total. The standard InChI is InChI=1S/C8H12N2.C2HF3O2/c1-8(5-9)3-6-2-7(4-8)10-6;3-2(4,5)1(6)7/h6-7,10H,2-4H2,1H3;(H,6,7). The van der Waals surface area contributed by atoms with Crippen molar-refractivity contribution in [3.63, 3.8) is 0 Å². The van der Waals surface area contributed by atoms with Crippen LogP contribution in [-0.4, -0.2) is 29.3 Å². The minimum Gasteiger partial charge on any atom is -0.475 e. The molecule has 2 atom stereocenters. The number of alkyl halides is 3. The second-order valence-corrected chi connectivity index (χ2v) is 4.68. The fourth-order valence-corrected chi connectivity index (χ4v) is 2.20. The molecule has 1 saturated carbocycles. The van der Waals surface area contributed by atoms with Crippen LogP contribution in [-0.2, 0) is 4.79 Å². The highest BCUT2D eigenvalue weighted by Crippen LogP contribution is 2.40. The molecule has 0 amide bonds. The van der Waals surface area contributed by atoms with Gasteiger partial charge in [-0.05, 0) is 26.2 Å². The summed E-state index contributed by atoms with van der Waals surface area (Å²) in [5.74, 6) is -2.76. The molecule has 4 nitrogen and oxygen atoms in total. The van der Waals surface area contributed by atoms with Crippen molar-refractivity contribution in [3.8, 4) is 6.07 Å². The Kier molecular flexibility index (Phi) is 3.67. The fourth-order valence-electron chi connectivity index (χ4n) is 2.20. The first-order valence-corrected chi connectivity index (χ1v) is 5.14. The summed E-state index contributed by atoms with van der Waals surface area (Å²) in [4.78, 5) is 8.90. The monoisotopic (exact) mass is 250 g/mol. The predicted octanol–water partition coefficient (Wildman–Crippen LogP) is 1.67. The molecule has 2 saturated heterocycles. The highest BCUT2D eigenvalue weighted by Gasteiger charge is 2.44. The highest BCUT2D eigenvalue weighted by molar-refractivity contribution is 5.73. The van der Waals surface area contributed by atoms with Crippen LogP contribution in [0.25, 0.3) is 0 Å². The first kappa shape index (κ1) is 13.8. The quantitative estimate of drug-likeness (QED) is 0.686. The first-order valence-electron chi connectivity index (χ1n) is 5.14. The summed E-state index contributed by atoms with van der Waals surface area (Å²) in [6.45, 7) is 2.08. The van der Waals surface area contributed by atoms with Crippen molar-refractivity contribution in [3.05, 3.63) is 0 Å². The Hall–Kier alpha value is -1.29. The van der Waals surface area contributed by atoms with Crippen molar-refractivity contribution < 1.29 is 23.1 Å². The Balaban J connectivity index is 0.000000185. The summed E-state index contributed by atoms with van der Waals surface area (Å²) in [5, 5.41) is 19.4. The molecule has 2 bridgehead atoms. The number of hydrogen-bond acceptors (Lipinski definition) is 3. The van der Waals surface area contributed by atoms with Gasteiger partial charge < -0.3 is 10.4 Å². The number of carboxylic acid groups (broad SMARTS) is 1. The molecule has 0 aromatic heterocycles. The van der Waals surface area contributed by atoms with E-state index in [9.17, 15) is 13.2 Å². The molecule has 7 heteroatoms. The van der Waals surface area contributed by atoms with Crippen LogP contribution in [0.15, 0.2) is 0 Å². The third-order valence-corrected chi connectivity index (χ3v) is 2.95. The number of hydrogen-bond donors (Lipinski definition) is 2. The van der Waals surface area contributed by atoms with Crippen LogP contribution in [0.4, 0.5) is 13.2 Å². The number of rotatable bonds is 0. The van der Waals surface area contributed by atoms with Crippen molar-refractivity contribution in [1.82, 2.24) is 5.32 Å². The highest BCUT2D eigenvalue weighted by atomic mass is 19.4. The van der Waals surface area contributed by atoms with E-state index in [1.54, 1.807) is 0 Å². The number of aliphatic carboxylic acids is 1. The third-order valence-electron chi connectivity index (χ3n) is 2.95. The molecule has 17 heavy (non-hydrogen) atoms. The second kappa shape index (κ2) is 4.53. The number of carboxylic acids is 1. The lowest BCUT2D eigenvalue weighted by atomic mass is 9.67. The maximum Gasteiger partial charge on any atom is 0.490 e. The maximum absolute atomic E-state index is 10.6. The molecular weight excluding hydrogens is 237 g/mol. The van der Waals surface area contributed by atoms with Crippen LogP contribution in [0.3, 0.4) is 0 Å². The summed E-state index contributed by atoms with van der Waals surface area (Å²) in [5.41, 5.74) is -0.0150. The van der Waals surface area contributed by atoms with Gasteiger partial charge in [0.1, 0.15) is 0 Å². The van der Waals surface area contributed by atoms with Crippen LogP contribution in [0.2, 0.25) is 0 Å². The lowest BCUT2D eigenvalue weighted by Crippen LogP contribution is -2.60. The van der Waals surface area contributed by atoms with Gasteiger partial charge in [-0.1, -0.05) is 0 Å². The molecular formula is C10H13F3N2O2. The molecule has 3 fully saturated rings. The normalized spacial score (nSPS) is 34.8. The molecule has 1 aliphatic carbocycles. The van der Waals surface area contributed by atoms with Crippen molar-refractivity contribution in [2.24, 2.45) is 5.41 Å². The van der Waals surface area contributed by atoms with E-state index in [1.807, 2.05) is 0 Å². The van der Waals surface area contributed by atoms with Gasteiger partial charge >= 0.3 is 12.1 Å². The number of carbonyl (C=O) groups is 1. The maximum atomic E-state index is 10.6. The lowest BCUT2D eigenvalue weighted by Gasteiger charge is -2.49. The van der Waals surface area contributed by atoms with E-state index in [0.29, 0.717) is 12.1 Å². The van der Waals surface area contributed by atoms with Gasteiger partial charge in [0.2, 0.25) is 0 Å². The number of fused-ring (bicyclic) bond motifs is 2. The van der Waals surface area contributed by atoms with Gasteiger partial charge in [-0.2, -0.15) is 18.4 Å². The average Bonchev–Trinajstić information content (AvgIpc) is 2.15. The average molecular weight is 250 g/mol. The number of nitrogens with zero attached hydrogens (tertiary/aromatic N) is 1. The number of nitriles is 1. The van der Waals surface area contributed by atoms with E-state index in [0.717, 1.165) is 12.8 Å². The zero-order chi connectivity index (χ0) is 13.3. The van der Waals surface area contributed by atoms with Crippen molar-refractivity contribution >= 4 is 5.97 Å². The van der Waals surface area contributed by atoms with E-state index in [1.165, 1.54) is 6.42 Å². The molecule has 2 heterocycles. The predicted molar refractivity (Wildman–Crippen MR) is 52.0 cm³/mol.